The Morgan fingerprint density at radius 3 is 2.89 bits per heavy atom. The van der Waals surface area contributed by atoms with E-state index in [0.717, 1.165) is 24.0 Å². The van der Waals surface area contributed by atoms with Gasteiger partial charge in [0.15, 0.2) is 0 Å². The van der Waals surface area contributed by atoms with Crippen LogP contribution in [-0.4, -0.2) is 15.8 Å². The van der Waals surface area contributed by atoms with Crippen molar-refractivity contribution in [2.24, 2.45) is 0 Å². The Labute approximate surface area is 114 Å². The van der Waals surface area contributed by atoms with Crippen LogP contribution in [0.25, 0.3) is 5.69 Å². The van der Waals surface area contributed by atoms with Crippen molar-refractivity contribution in [1.29, 1.82) is 0 Å². The molecule has 0 atom stereocenters. The van der Waals surface area contributed by atoms with E-state index in [2.05, 4.69) is 54.6 Å². The molecular formula is C16H21N3. The van der Waals surface area contributed by atoms with E-state index in [0.29, 0.717) is 5.92 Å². The first kappa shape index (κ1) is 12.4. The molecule has 0 bridgehead atoms. The summed E-state index contributed by atoms with van der Waals surface area (Å²) in [5.41, 5.74) is 3.61. The highest BCUT2D eigenvalue weighted by Gasteiger charge is 2.20. The van der Waals surface area contributed by atoms with E-state index in [-0.39, 0.29) is 0 Å². The summed E-state index contributed by atoms with van der Waals surface area (Å²) in [6, 6.07) is 11.4. The number of hydrogen-bond acceptors (Lipinski definition) is 2. The minimum absolute atomic E-state index is 0.548. The Morgan fingerprint density at radius 2 is 2.16 bits per heavy atom. The predicted molar refractivity (Wildman–Crippen MR) is 77.5 cm³/mol. The molecule has 1 heterocycles. The molecule has 0 saturated heterocycles. The van der Waals surface area contributed by atoms with Crippen LogP contribution in [0.4, 0.5) is 0 Å². The fraction of sp³-hybridized carbons (Fsp3) is 0.438. The van der Waals surface area contributed by atoms with Crippen LogP contribution in [0.1, 0.15) is 43.9 Å². The van der Waals surface area contributed by atoms with E-state index in [4.69, 9.17) is 0 Å². The van der Waals surface area contributed by atoms with Crippen LogP contribution in [0.15, 0.2) is 36.5 Å². The number of nitrogens with zero attached hydrogens (tertiary/aromatic N) is 2. The van der Waals surface area contributed by atoms with Gasteiger partial charge in [0.05, 0.1) is 11.4 Å². The van der Waals surface area contributed by atoms with E-state index in [9.17, 15) is 0 Å². The zero-order valence-electron chi connectivity index (χ0n) is 11.6. The predicted octanol–water partition coefficient (Wildman–Crippen LogP) is 3.25. The summed E-state index contributed by atoms with van der Waals surface area (Å²) in [6.07, 6.45) is 4.68. The summed E-state index contributed by atoms with van der Waals surface area (Å²) in [6.45, 7) is 5.31. The normalized spacial score (nSPS) is 15.1. The van der Waals surface area contributed by atoms with Gasteiger partial charge in [-0.05, 0) is 42.5 Å². The number of hydrogen-bond donors (Lipinski definition) is 1. The lowest BCUT2D eigenvalue weighted by Gasteiger charge is -2.08. The largest absolute Gasteiger partial charge is 0.308 e. The van der Waals surface area contributed by atoms with Crippen molar-refractivity contribution < 1.29 is 0 Å². The van der Waals surface area contributed by atoms with E-state index in [1.165, 1.54) is 18.4 Å². The Bertz CT molecular complexity index is 553. The number of rotatable bonds is 5. The van der Waals surface area contributed by atoms with Crippen molar-refractivity contribution in [2.75, 3.05) is 0 Å². The molecule has 0 aliphatic heterocycles. The number of aromatic nitrogens is 2. The van der Waals surface area contributed by atoms with Crippen molar-refractivity contribution in [3.05, 3.63) is 47.8 Å². The van der Waals surface area contributed by atoms with Crippen LogP contribution in [0.5, 0.6) is 0 Å². The summed E-state index contributed by atoms with van der Waals surface area (Å²) in [5, 5.41) is 8.13. The molecule has 3 nitrogen and oxygen atoms in total. The minimum Gasteiger partial charge on any atom is -0.308 e. The maximum atomic E-state index is 4.63. The van der Waals surface area contributed by atoms with Crippen molar-refractivity contribution in [2.45, 2.75) is 45.2 Å². The quantitative estimate of drug-likeness (QED) is 0.889. The Balaban J connectivity index is 1.75. The maximum Gasteiger partial charge on any atom is 0.0766 e. The molecule has 2 aromatic rings. The fourth-order valence-corrected chi connectivity index (χ4v) is 2.16. The van der Waals surface area contributed by atoms with Gasteiger partial charge in [0, 0.05) is 18.8 Å². The molecule has 1 aromatic carbocycles. The highest BCUT2D eigenvalue weighted by molar-refractivity contribution is 5.36. The van der Waals surface area contributed by atoms with Crippen LogP contribution in [0, 0.1) is 0 Å². The molecule has 1 N–H and O–H groups in total. The maximum absolute atomic E-state index is 4.63. The average molecular weight is 255 g/mol. The lowest BCUT2D eigenvalue weighted by molar-refractivity contribution is 0.664. The minimum atomic E-state index is 0.548. The first-order valence-corrected chi connectivity index (χ1v) is 7.10. The molecule has 3 rings (SSSR count). The number of nitrogens with one attached hydrogen (secondary N) is 1. The molecule has 0 amide bonds. The summed E-state index contributed by atoms with van der Waals surface area (Å²) in [4.78, 5) is 0. The third-order valence-electron chi connectivity index (χ3n) is 3.59. The van der Waals surface area contributed by atoms with Crippen molar-refractivity contribution in [3.63, 3.8) is 0 Å². The van der Waals surface area contributed by atoms with Crippen LogP contribution in [-0.2, 0) is 6.54 Å². The summed E-state index contributed by atoms with van der Waals surface area (Å²) >= 11 is 0. The highest BCUT2D eigenvalue weighted by atomic mass is 15.3. The van der Waals surface area contributed by atoms with Gasteiger partial charge in [0.25, 0.3) is 0 Å². The molecule has 0 radical (unpaired) electrons. The monoisotopic (exact) mass is 255 g/mol. The van der Waals surface area contributed by atoms with Gasteiger partial charge in [-0.3, -0.25) is 0 Å². The highest BCUT2D eigenvalue weighted by Crippen LogP contribution is 2.20. The first-order valence-electron chi connectivity index (χ1n) is 7.10. The van der Waals surface area contributed by atoms with Gasteiger partial charge in [-0.2, -0.15) is 5.10 Å². The SMILES string of the molecule is CC(C)c1cccc(-n2ccc(CNC3CC3)n2)c1. The molecule has 100 valence electrons. The Kier molecular flexibility index (Phi) is 3.38. The summed E-state index contributed by atoms with van der Waals surface area (Å²) in [5.74, 6) is 0.548. The van der Waals surface area contributed by atoms with Crippen molar-refractivity contribution in [1.82, 2.24) is 15.1 Å². The van der Waals surface area contributed by atoms with Gasteiger partial charge in [-0.25, -0.2) is 4.68 Å². The lowest BCUT2D eigenvalue weighted by atomic mass is 10.0. The summed E-state index contributed by atoms with van der Waals surface area (Å²) < 4.78 is 1.97. The molecule has 1 aromatic heterocycles. The van der Waals surface area contributed by atoms with Crippen molar-refractivity contribution >= 4 is 0 Å². The Morgan fingerprint density at radius 1 is 1.32 bits per heavy atom. The number of benzene rings is 1. The lowest BCUT2D eigenvalue weighted by Crippen LogP contribution is -2.15. The third kappa shape index (κ3) is 3.04. The van der Waals surface area contributed by atoms with Gasteiger partial charge in [0.1, 0.15) is 0 Å². The molecule has 1 aliphatic carbocycles. The smallest absolute Gasteiger partial charge is 0.0766 e. The van der Waals surface area contributed by atoms with Crippen molar-refractivity contribution in [3.8, 4) is 5.69 Å². The van der Waals surface area contributed by atoms with E-state index >= 15 is 0 Å². The zero-order chi connectivity index (χ0) is 13.2. The molecule has 3 heteroatoms. The van der Waals surface area contributed by atoms with Crippen LogP contribution in [0.2, 0.25) is 0 Å². The second-order valence-electron chi connectivity index (χ2n) is 5.66. The molecule has 0 unspecified atom stereocenters. The van der Waals surface area contributed by atoms with Gasteiger partial charge < -0.3 is 5.32 Å². The zero-order valence-corrected chi connectivity index (χ0v) is 11.6. The molecular weight excluding hydrogens is 234 g/mol. The fourth-order valence-electron chi connectivity index (χ4n) is 2.16. The third-order valence-corrected chi connectivity index (χ3v) is 3.59. The first-order chi connectivity index (χ1) is 9.22. The summed E-state index contributed by atoms with van der Waals surface area (Å²) in [7, 11) is 0. The molecule has 1 saturated carbocycles. The van der Waals surface area contributed by atoms with Gasteiger partial charge in [-0.1, -0.05) is 26.0 Å². The Hall–Kier alpha value is -1.61. The molecule has 1 fully saturated rings. The molecule has 19 heavy (non-hydrogen) atoms. The van der Waals surface area contributed by atoms with Gasteiger partial charge in [0.2, 0.25) is 0 Å². The second kappa shape index (κ2) is 5.17. The average Bonchev–Trinajstić information content (AvgIpc) is 3.13. The van der Waals surface area contributed by atoms with Gasteiger partial charge >= 0.3 is 0 Å². The van der Waals surface area contributed by atoms with E-state index in [1.807, 2.05) is 10.9 Å². The van der Waals surface area contributed by atoms with E-state index < -0.39 is 0 Å². The molecule has 1 aliphatic rings. The van der Waals surface area contributed by atoms with E-state index in [1.54, 1.807) is 0 Å². The standard InChI is InChI=1S/C16H21N3/c1-12(2)13-4-3-5-16(10-13)19-9-8-15(18-19)11-17-14-6-7-14/h3-5,8-10,12,14,17H,6-7,11H2,1-2H3. The second-order valence-corrected chi connectivity index (χ2v) is 5.66. The topological polar surface area (TPSA) is 29.9 Å². The van der Waals surface area contributed by atoms with Crippen LogP contribution >= 0.6 is 0 Å². The van der Waals surface area contributed by atoms with Crippen LogP contribution < -0.4 is 5.32 Å². The van der Waals surface area contributed by atoms with Crippen LogP contribution in [0.3, 0.4) is 0 Å². The van der Waals surface area contributed by atoms with Gasteiger partial charge in [-0.15, -0.1) is 0 Å². The molecule has 0 spiro atoms.